The average Bonchev–Trinajstić information content (AvgIpc) is 3.18. The van der Waals surface area contributed by atoms with Crippen LogP contribution in [0.3, 0.4) is 0 Å². The first-order valence-electron chi connectivity index (χ1n) is 8.98. The summed E-state index contributed by atoms with van der Waals surface area (Å²) in [6.07, 6.45) is 5.64. The lowest BCUT2D eigenvalue weighted by molar-refractivity contribution is 0.103. The highest BCUT2D eigenvalue weighted by Gasteiger charge is 2.22. The Morgan fingerprint density at radius 2 is 2.03 bits per heavy atom. The molecule has 0 fully saturated rings. The van der Waals surface area contributed by atoms with Crippen LogP contribution in [0.4, 0.5) is 10.1 Å². The molecule has 0 unspecified atom stereocenters. The first kappa shape index (κ1) is 20.2. The Labute approximate surface area is 176 Å². The number of hydrogen-bond acceptors (Lipinski definition) is 6. The standard InChI is InChI=1S/C21H14FN5O3S/c22-19-15(20(28)17-11-26-21-16(17)7-14(8-23)10-25-21)4-1-5-18(19)27-31(29,30)12-13-3-2-6-24-9-13/h1-7,9-11,27H,12H2,(H,25,26). The van der Waals surface area contributed by atoms with Gasteiger partial charge in [-0.3, -0.25) is 14.5 Å². The molecule has 1 aromatic carbocycles. The molecule has 154 valence electrons. The van der Waals surface area contributed by atoms with Crippen LogP contribution >= 0.6 is 0 Å². The second-order valence-electron chi connectivity index (χ2n) is 6.65. The summed E-state index contributed by atoms with van der Waals surface area (Å²) in [5.41, 5.74) is 0.515. The zero-order chi connectivity index (χ0) is 22.0. The summed E-state index contributed by atoms with van der Waals surface area (Å²) in [6, 6.07) is 10.5. The van der Waals surface area contributed by atoms with Crippen molar-refractivity contribution in [2.75, 3.05) is 4.72 Å². The highest BCUT2D eigenvalue weighted by atomic mass is 32.2. The van der Waals surface area contributed by atoms with E-state index >= 15 is 4.39 Å². The Kier molecular flexibility index (Phi) is 5.19. The Balaban J connectivity index is 1.66. The quantitative estimate of drug-likeness (QED) is 0.448. The Morgan fingerprint density at radius 1 is 1.19 bits per heavy atom. The van der Waals surface area contributed by atoms with Crippen LogP contribution in [0.15, 0.2) is 61.2 Å². The predicted octanol–water partition coefficient (Wildman–Crippen LogP) is 3.14. The molecular formula is C21H14FN5O3S. The molecule has 0 amide bonds. The number of nitrogens with zero attached hydrogens (tertiary/aromatic N) is 3. The summed E-state index contributed by atoms with van der Waals surface area (Å²) >= 11 is 0. The Hall–Kier alpha value is -4.10. The number of halogens is 1. The van der Waals surface area contributed by atoms with E-state index in [2.05, 4.69) is 19.7 Å². The minimum atomic E-state index is -3.94. The first-order chi connectivity index (χ1) is 14.9. The molecule has 4 aromatic rings. The zero-order valence-corrected chi connectivity index (χ0v) is 16.6. The molecule has 0 saturated heterocycles. The molecule has 0 aliphatic carbocycles. The maximum atomic E-state index is 15.1. The van der Waals surface area contributed by atoms with E-state index in [-0.39, 0.29) is 22.4 Å². The van der Waals surface area contributed by atoms with E-state index in [0.29, 0.717) is 16.6 Å². The summed E-state index contributed by atoms with van der Waals surface area (Å²) in [4.78, 5) is 23.7. The van der Waals surface area contributed by atoms with Crippen LogP contribution < -0.4 is 4.72 Å². The summed E-state index contributed by atoms with van der Waals surface area (Å²) in [5, 5.41) is 9.43. The van der Waals surface area contributed by atoms with Gasteiger partial charge in [-0.25, -0.2) is 17.8 Å². The van der Waals surface area contributed by atoms with E-state index in [4.69, 9.17) is 5.26 Å². The van der Waals surface area contributed by atoms with Crippen LogP contribution in [0.1, 0.15) is 27.0 Å². The number of fused-ring (bicyclic) bond motifs is 1. The lowest BCUT2D eigenvalue weighted by Crippen LogP contribution is -2.17. The first-order valence-corrected chi connectivity index (χ1v) is 10.6. The molecular weight excluding hydrogens is 421 g/mol. The van der Waals surface area contributed by atoms with Gasteiger partial charge in [0.05, 0.1) is 22.6 Å². The number of nitriles is 1. The topological polar surface area (TPSA) is 129 Å². The molecule has 0 saturated carbocycles. The second-order valence-corrected chi connectivity index (χ2v) is 8.38. The van der Waals surface area contributed by atoms with E-state index in [9.17, 15) is 13.2 Å². The molecule has 0 aliphatic rings. The number of nitrogens with one attached hydrogen (secondary N) is 2. The van der Waals surface area contributed by atoms with Crippen molar-refractivity contribution in [3.63, 3.8) is 0 Å². The molecule has 0 radical (unpaired) electrons. The van der Waals surface area contributed by atoms with Gasteiger partial charge in [-0.05, 0) is 29.8 Å². The third kappa shape index (κ3) is 4.12. The van der Waals surface area contributed by atoms with Crippen molar-refractivity contribution < 1.29 is 17.6 Å². The summed E-state index contributed by atoms with van der Waals surface area (Å²) in [6.45, 7) is 0. The van der Waals surface area contributed by atoms with Gasteiger partial charge in [0.15, 0.2) is 11.6 Å². The third-order valence-electron chi connectivity index (χ3n) is 4.49. The van der Waals surface area contributed by atoms with Gasteiger partial charge in [0.2, 0.25) is 10.0 Å². The second kappa shape index (κ2) is 7.97. The van der Waals surface area contributed by atoms with Crippen LogP contribution in [0.2, 0.25) is 0 Å². The van der Waals surface area contributed by atoms with Crippen molar-refractivity contribution in [3.05, 3.63) is 89.3 Å². The number of ketones is 1. The van der Waals surface area contributed by atoms with Gasteiger partial charge < -0.3 is 4.98 Å². The molecule has 8 nitrogen and oxygen atoms in total. The Bertz CT molecular complexity index is 1440. The number of anilines is 1. The number of hydrogen-bond donors (Lipinski definition) is 2. The lowest BCUT2D eigenvalue weighted by Gasteiger charge is -2.11. The Morgan fingerprint density at radius 3 is 2.77 bits per heavy atom. The van der Waals surface area contributed by atoms with Crippen LogP contribution in [0.25, 0.3) is 11.0 Å². The normalized spacial score (nSPS) is 11.2. The van der Waals surface area contributed by atoms with Crippen molar-refractivity contribution in [1.82, 2.24) is 15.0 Å². The van der Waals surface area contributed by atoms with Crippen molar-refractivity contribution in [2.45, 2.75) is 5.75 Å². The van der Waals surface area contributed by atoms with Gasteiger partial charge in [-0.15, -0.1) is 0 Å². The molecule has 3 heterocycles. The molecule has 3 aromatic heterocycles. The van der Waals surface area contributed by atoms with E-state index < -0.39 is 27.4 Å². The van der Waals surface area contributed by atoms with E-state index in [1.807, 2.05) is 6.07 Å². The highest BCUT2D eigenvalue weighted by Crippen LogP contribution is 2.26. The van der Waals surface area contributed by atoms with Gasteiger partial charge in [0, 0.05) is 35.7 Å². The smallest absolute Gasteiger partial charge is 0.237 e. The number of H-pyrrole nitrogens is 1. The molecule has 4 rings (SSSR count). The number of aromatic amines is 1. The molecule has 31 heavy (non-hydrogen) atoms. The number of rotatable bonds is 6. The molecule has 2 N–H and O–H groups in total. The SMILES string of the molecule is N#Cc1cnc2[nH]cc(C(=O)c3cccc(NS(=O)(=O)Cc4cccnc4)c3F)c2c1. The van der Waals surface area contributed by atoms with Gasteiger partial charge in [-0.2, -0.15) is 5.26 Å². The van der Waals surface area contributed by atoms with Crippen molar-refractivity contribution >= 4 is 32.5 Å². The number of benzene rings is 1. The fourth-order valence-corrected chi connectivity index (χ4v) is 4.26. The fourth-order valence-electron chi connectivity index (χ4n) is 3.09. The molecule has 10 heteroatoms. The maximum absolute atomic E-state index is 15.1. The van der Waals surface area contributed by atoms with Gasteiger partial charge >= 0.3 is 0 Å². The predicted molar refractivity (Wildman–Crippen MR) is 111 cm³/mol. The highest BCUT2D eigenvalue weighted by molar-refractivity contribution is 7.91. The van der Waals surface area contributed by atoms with Gasteiger partial charge in [0.1, 0.15) is 11.7 Å². The molecule has 0 atom stereocenters. The number of sulfonamides is 1. The van der Waals surface area contributed by atoms with Crippen LogP contribution in [0.5, 0.6) is 0 Å². The van der Waals surface area contributed by atoms with Gasteiger partial charge in [-0.1, -0.05) is 12.1 Å². The summed E-state index contributed by atoms with van der Waals surface area (Å²) in [5.74, 6) is -2.07. The van der Waals surface area contributed by atoms with E-state index in [0.717, 1.165) is 0 Å². The van der Waals surface area contributed by atoms with Crippen molar-refractivity contribution in [2.24, 2.45) is 0 Å². The number of carbonyl (C=O) groups excluding carboxylic acids is 1. The van der Waals surface area contributed by atoms with Crippen LogP contribution in [0, 0.1) is 17.1 Å². The average molecular weight is 435 g/mol. The van der Waals surface area contributed by atoms with Crippen molar-refractivity contribution in [3.8, 4) is 6.07 Å². The zero-order valence-electron chi connectivity index (χ0n) is 15.8. The molecule has 0 aliphatic heterocycles. The number of carbonyl (C=O) groups is 1. The largest absolute Gasteiger partial charge is 0.345 e. The third-order valence-corrected chi connectivity index (χ3v) is 5.74. The van der Waals surface area contributed by atoms with Crippen LogP contribution in [-0.2, 0) is 15.8 Å². The van der Waals surface area contributed by atoms with E-state index in [1.54, 1.807) is 12.1 Å². The van der Waals surface area contributed by atoms with Crippen molar-refractivity contribution in [1.29, 1.82) is 5.26 Å². The van der Waals surface area contributed by atoms with Gasteiger partial charge in [0.25, 0.3) is 0 Å². The molecule has 0 spiro atoms. The number of pyridine rings is 2. The molecule has 0 bridgehead atoms. The lowest BCUT2D eigenvalue weighted by atomic mass is 10.0. The summed E-state index contributed by atoms with van der Waals surface area (Å²) in [7, 11) is -3.94. The maximum Gasteiger partial charge on any atom is 0.237 e. The minimum Gasteiger partial charge on any atom is -0.345 e. The van der Waals surface area contributed by atoms with Crippen LogP contribution in [-0.4, -0.2) is 29.2 Å². The summed E-state index contributed by atoms with van der Waals surface area (Å²) < 4.78 is 42.2. The monoisotopic (exact) mass is 435 g/mol. The minimum absolute atomic E-state index is 0.119. The fraction of sp³-hybridized carbons (Fsp3) is 0.0476. The van der Waals surface area contributed by atoms with E-state index in [1.165, 1.54) is 49.1 Å². The number of aromatic nitrogens is 3.